The average molecular weight is 372 g/mol. The molecule has 2 aliphatic rings. The molecule has 1 fully saturated rings. The molecule has 0 saturated carbocycles. The van der Waals surface area contributed by atoms with Crippen molar-refractivity contribution in [1.29, 1.82) is 0 Å². The summed E-state index contributed by atoms with van der Waals surface area (Å²) < 4.78 is 5.96. The number of carboxylic acids is 1. The van der Waals surface area contributed by atoms with E-state index in [0.717, 1.165) is 31.7 Å². The van der Waals surface area contributed by atoms with E-state index in [9.17, 15) is 4.79 Å². The fourth-order valence-electron chi connectivity index (χ4n) is 4.00. The van der Waals surface area contributed by atoms with E-state index >= 15 is 0 Å². The molecule has 1 aromatic carbocycles. The van der Waals surface area contributed by atoms with Gasteiger partial charge in [-0.25, -0.2) is 0 Å². The van der Waals surface area contributed by atoms with Gasteiger partial charge in [0.2, 0.25) is 0 Å². The number of hydrogen-bond acceptors (Lipinski definition) is 3. The summed E-state index contributed by atoms with van der Waals surface area (Å²) in [5.41, 5.74) is 4.06. The zero-order valence-electron chi connectivity index (χ0n) is 16.7. The SMILES string of the molecule is CCCCCCCOc1ccc2c(c1)C[C@H](C)C(CN1CC(C(=O)O)C1)=C2. The number of aliphatic carboxylic acids is 1. The Hall–Kier alpha value is -1.81. The van der Waals surface area contributed by atoms with Crippen LogP contribution in [0.4, 0.5) is 0 Å². The van der Waals surface area contributed by atoms with E-state index in [-0.39, 0.29) is 5.92 Å². The van der Waals surface area contributed by atoms with Gasteiger partial charge in [0.05, 0.1) is 12.5 Å². The second-order valence-corrected chi connectivity index (χ2v) is 8.18. The summed E-state index contributed by atoms with van der Waals surface area (Å²) in [4.78, 5) is 13.2. The molecule has 4 heteroatoms. The molecule has 27 heavy (non-hydrogen) atoms. The molecule has 3 rings (SSSR count). The van der Waals surface area contributed by atoms with Crippen LogP contribution in [0.3, 0.4) is 0 Å². The highest BCUT2D eigenvalue weighted by atomic mass is 16.5. The number of fused-ring (bicyclic) bond motifs is 1. The molecule has 0 aromatic heterocycles. The average Bonchev–Trinajstić information content (AvgIpc) is 2.60. The van der Waals surface area contributed by atoms with Gasteiger partial charge in [-0.15, -0.1) is 0 Å². The number of likely N-dealkylation sites (tertiary alicyclic amines) is 1. The number of unbranched alkanes of at least 4 members (excludes halogenated alkanes) is 4. The lowest BCUT2D eigenvalue weighted by Crippen LogP contribution is -2.51. The molecule has 4 nitrogen and oxygen atoms in total. The van der Waals surface area contributed by atoms with Crippen molar-refractivity contribution in [2.75, 3.05) is 26.2 Å². The van der Waals surface area contributed by atoms with E-state index < -0.39 is 5.97 Å². The number of ether oxygens (including phenoxy) is 1. The smallest absolute Gasteiger partial charge is 0.309 e. The number of hydrogen-bond donors (Lipinski definition) is 1. The lowest BCUT2D eigenvalue weighted by Gasteiger charge is -2.38. The van der Waals surface area contributed by atoms with Crippen molar-refractivity contribution >= 4 is 12.0 Å². The molecule has 0 unspecified atom stereocenters. The highest BCUT2D eigenvalue weighted by molar-refractivity contribution is 5.71. The second kappa shape index (κ2) is 9.41. The molecule has 1 aromatic rings. The lowest BCUT2D eigenvalue weighted by atomic mass is 9.83. The van der Waals surface area contributed by atoms with Crippen molar-refractivity contribution in [2.24, 2.45) is 11.8 Å². The highest BCUT2D eigenvalue weighted by Gasteiger charge is 2.33. The molecule has 1 aliphatic carbocycles. The number of rotatable bonds is 10. The third-order valence-corrected chi connectivity index (χ3v) is 5.84. The van der Waals surface area contributed by atoms with Gasteiger partial charge in [-0.3, -0.25) is 9.69 Å². The van der Waals surface area contributed by atoms with E-state index in [2.05, 4.69) is 43.0 Å². The maximum absolute atomic E-state index is 11.0. The Labute approximate surface area is 163 Å². The predicted molar refractivity (Wildman–Crippen MR) is 109 cm³/mol. The van der Waals surface area contributed by atoms with Crippen LogP contribution in [0.15, 0.2) is 23.8 Å². The Bertz CT molecular complexity index is 676. The zero-order valence-corrected chi connectivity index (χ0v) is 16.7. The molecular formula is C23H33NO3. The Morgan fingerprint density at radius 2 is 2.00 bits per heavy atom. The van der Waals surface area contributed by atoms with Gasteiger partial charge in [0.25, 0.3) is 0 Å². The van der Waals surface area contributed by atoms with Crippen molar-refractivity contribution in [1.82, 2.24) is 4.90 Å². The molecule has 1 atom stereocenters. The summed E-state index contributed by atoms with van der Waals surface area (Å²) in [5.74, 6) is 0.629. The molecule has 0 bridgehead atoms. The maximum Gasteiger partial charge on any atom is 0.309 e. The summed E-state index contributed by atoms with van der Waals surface area (Å²) >= 11 is 0. The van der Waals surface area contributed by atoms with Crippen molar-refractivity contribution < 1.29 is 14.6 Å². The highest BCUT2D eigenvalue weighted by Crippen LogP contribution is 2.32. The van der Waals surface area contributed by atoms with Gasteiger partial charge >= 0.3 is 5.97 Å². The van der Waals surface area contributed by atoms with E-state index in [1.807, 2.05) is 0 Å². The van der Waals surface area contributed by atoms with E-state index in [1.54, 1.807) is 0 Å². The molecule has 1 saturated heterocycles. The van der Waals surface area contributed by atoms with Gasteiger partial charge in [-0.2, -0.15) is 0 Å². The van der Waals surface area contributed by atoms with Crippen LogP contribution in [-0.4, -0.2) is 42.2 Å². The minimum Gasteiger partial charge on any atom is -0.494 e. The number of carboxylic acid groups (broad SMARTS) is 1. The summed E-state index contributed by atoms with van der Waals surface area (Å²) in [6.07, 6.45) is 9.61. The van der Waals surface area contributed by atoms with Gasteiger partial charge in [0, 0.05) is 19.6 Å². The van der Waals surface area contributed by atoms with Crippen LogP contribution in [0.25, 0.3) is 6.08 Å². The summed E-state index contributed by atoms with van der Waals surface area (Å²) in [6.45, 7) is 7.55. The quantitative estimate of drug-likeness (QED) is 0.609. The fraction of sp³-hybridized carbons (Fsp3) is 0.609. The van der Waals surface area contributed by atoms with Crippen LogP contribution in [0, 0.1) is 11.8 Å². The Morgan fingerprint density at radius 3 is 2.74 bits per heavy atom. The number of carbonyl (C=O) groups is 1. The summed E-state index contributed by atoms with van der Waals surface area (Å²) in [6, 6.07) is 6.46. The van der Waals surface area contributed by atoms with Gasteiger partial charge in [-0.1, -0.05) is 57.2 Å². The summed E-state index contributed by atoms with van der Waals surface area (Å²) in [5, 5.41) is 9.03. The third kappa shape index (κ3) is 5.35. The predicted octanol–water partition coefficient (Wildman–Crippen LogP) is 4.63. The van der Waals surface area contributed by atoms with E-state index in [4.69, 9.17) is 9.84 Å². The first-order chi connectivity index (χ1) is 13.1. The third-order valence-electron chi connectivity index (χ3n) is 5.84. The van der Waals surface area contributed by atoms with Crippen LogP contribution in [0.2, 0.25) is 0 Å². The first-order valence-electron chi connectivity index (χ1n) is 10.5. The number of benzene rings is 1. The van der Waals surface area contributed by atoms with E-state index in [1.165, 1.54) is 42.4 Å². The Morgan fingerprint density at radius 1 is 1.22 bits per heavy atom. The minimum absolute atomic E-state index is 0.182. The van der Waals surface area contributed by atoms with Crippen LogP contribution >= 0.6 is 0 Å². The monoisotopic (exact) mass is 371 g/mol. The molecule has 0 spiro atoms. The van der Waals surface area contributed by atoms with Crippen molar-refractivity contribution in [3.63, 3.8) is 0 Å². The van der Waals surface area contributed by atoms with Gasteiger partial charge in [0.15, 0.2) is 0 Å². The Balaban J connectivity index is 1.51. The molecule has 148 valence electrons. The molecule has 1 aliphatic heterocycles. The van der Waals surface area contributed by atoms with E-state index in [0.29, 0.717) is 19.0 Å². The lowest BCUT2D eigenvalue weighted by molar-refractivity contribution is -0.147. The van der Waals surface area contributed by atoms with Gasteiger partial charge < -0.3 is 9.84 Å². The first-order valence-corrected chi connectivity index (χ1v) is 10.5. The molecular weight excluding hydrogens is 338 g/mol. The van der Waals surface area contributed by atoms with Gasteiger partial charge in [0.1, 0.15) is 5.75 Å². The fourth-order valence-corrected chi connectivity index (χ4v) is 4.00. The second-order valence-electron chi connectivity index (χ2n) is 8.18. The zero-order chi connectivity index (χ0) is 19.2. The van der Waals surface area contributed by atoms with Crippen molar-refractivity contribution in [3.05, 3.63) is 34.9 Å². The molecule has 0 amide bonds. The first kappa shape index (κ1) is 19.9. The minimum atomic E-state index is -0.667. The normalized spacial score (nSPS) is 19.9. The standard InChI is InChI=1S/C23H33NO3/c1-3-4-5-6-7-10-27-22-9-8-18-12-20(17(2)11-19(18)13-22)14-24-15-21(16-24)23(25)26/h8-9,12-13,17,21H,3-7,10-11,14-16H2,1-2H3,(H,25,26)/t17-/m0/s1. The maximum atomic E-state index is 11.0. The van der Waals surface area contributed by atoms with Crippen LogP contribution in [0.1, 0.15) is 57.1 Å². The number of nitrogens with zero attached hydrogens (tertiary/aromatic N) is 1. The van der Waals surface area contributed by atoms with Crippen LogP contribution < -0.4 is 4.74 Å². The van der Waals surface area contributed by atoms with Crippen molar-refractivity contribution in [3.8, 4) is 5.75 Å². The van der Waals surface area contributed by atoms with Crippen LogP contribution in [-0.2, 0) is 11.2 Å². The van der Waals surface area contributed by atoms with Crippen LogP contribution in [0.5, 0.6) is 5.75 Å². The summed E-state index contributed by atoms with van der Waals surface area (Å²) in [7, 11) is 0. The Kier molecular flexibility index (Phi) is 6.95. The van der Waals surface area contributed by atoms with Gasteiger partial charge in [-0.05, 0) is 42.0 Å². The molecule has 0 radical (unpaired) electrons. The van der Waals surface area contributed by atoms with Crippen molar-refractivity contribution in [2.45, 2.75) is 52.4 Å². The molecule has 1 N–H and O–H groups in total. The molecule has 1 heterocycles. The largest absolute Gasteiger partial charge is 0.494 e. The topological polar surface area (TPSA) is 49.8 Å².